The van der Waals surface area contributed by atoms with E-state index in [9.17, 15) is 9.50 Å². The molecule has 0 aromatic heterocycles. The number of halogens is 1. The van der Waals surface area contributed by atoms with Crippen molar-refractivity contribution in [3.63, 3.8) is 0 Å². The van der Waals surface area contributed by atoms with E-state index in [0.717, 1.165) is 62.8 Å². The summed E-state index contributed by atoms with van der Waals surface area (Å²) >= 11 is 0. The number of nitrogens with one attached hydrogen (secondary N) is 1. The van der Waals surface area contributed by atoms with Crippen LogP contribution in [0.5, 0.6) is 11.5 Å². The van der Waals surface area contributed by atoms with Crippen LogP contribution in [-0.2, 0) is 16.9 Å². The first-order chi connectivity index (χ1) is 16.1. The molecule has 0 radical (unpaired) electrons. The molecule has 180 valence electrons. The van der Waals surface area contributed by atoms with Gasteiger partial charge in [-0.25, -0.2) is 4.39 Å². The lowest BCUT2D eigenvalue weighted by Crippen LogP contribution is -2.39. The molecular weight excluding hydrogens is 423 g/mol. The monoisotopic (exact) mass is 458 g/mol. The van der Waals surface area contributed by atoms with Gasteiger partial charge in [-0.1, -0.05) is 18.2 Å². The van der Waals surface area contributed by atoms with Gasteiger partial charge in [0.2, 0.25) is 0 Å². The van der Waals surface area contributed by atoms with Crippen LogP contribution < -0.4 is 14.8 Å². The lowest BCUT2D eigenvalue weighted by molar-refractivity contribution is -0.00871. The Bertz CT molecular complexity index is 896. The maximum absolute atomic E-state index is 13.6. The molecule has 2 N–H and O–H groups in total. The molecule has 2 fully saturated rings. The fraction of sp³-hybridized carbons (Fsp3) is 0.538. The van der Waals surface area contributed by atoms with Crippen molar-refractivity contribution in [1.82, 2.24) is 10.2 Å². The van der Waals surface area contributed by atoms with Gasteiger partial charge in [-0.2, -0.15) is 0 Å². The molecule has 33 heavy (non-hydrogen) atoms. The summed E-state index contributed by atoms with van der Waals surface area (Å²) in [4.78, 5) is 2.34. The van der Waals surface area contributed by atoms with Crippen molar-refractivity contribution in [1.29, 1.82) is 0 Å². The minimum absolute atomic E-state index is 0.302. The van der Waals surface area contributed by atoms with Crippen molar-refractivity contribution < 1.29 is 23.7 Å². The Labute approximate surface area is 195 Å². The summed E-state index contributed by atoms with van der Waals surface area (Å²) in [6.07, 6.45) is 2.91. The Morgan fingerprint density at radius 3 is 2.64 bits per heavy atom. The number of nitrogens with zero attached hydrogens (tertiary/aromatic N) is 1. The van der Waals surface area contributed by atoms with Crippen LogP contribution in [-0.4, -0.2) is 62.6 Å². The lowest BCUT2D eigenvalue weighted by Gasteiger charge is -2.37. The largest absolute Gasteiger partial charge is 0.493 e. The molecule has 4 rings (SSSR count). The molecule has 2 aliphatic rings. The highest BCUT2D eigenvalue weighted by atomic mass is 19.1. The van der Waals surface area contributed by atoms with E-state index in [2.05, 4.69) is 10.2 Å². The van der Waals surface area contributed by atoms with Gasteiger partial charge in [0.15, 0.2) is 11.5 Å². The highest BCUT2D eigenvalue weighted by Gasteiger charge is 2.34. The van der Waals surface area contributed by atoms with E-state index in [4.69, 9.17) is 14.2 Å². The number of benzene rings is 2. The fourth-order valence-corrected chi connectivity index (χ4v) is 4.68. The summed E-state index contributed by atoms with van der Waals surface area (Å²) in [7, 11) is 1.66. The first kappa shape index (κ1) is 24.0. The van der Waals surface area contributed by atoms with Crippen LogP contribution in [0, 0.1) is 5.82 Å². The Morgan fingerprint density at radius 2 is 1.91 bits per heavy atom. The number of aliphatic hydroxyl groups is 1. The van der Waals surface area contributed by atoms with Crippen molar-refractivity contribution in [3.8, 4) is 11.5 Å². The van der Waals surface area contributed by atoms with Crippen molar-refractivity contribution in [2.24, 2.45) is 0 Å². The topological polar surface area (TPSA) is 63.2 Å². The van der Waals surface area contributed by atoms with E-state index in [1.54, 1.807) is 13.2 Å². The van der Waals surface area contributed by atoms with E-state index in [1.807, 2.05) is 24.3 Å². The van der Waals surface area contributed by atoms with Gasteiger partial charge in [0, 0.05) is 32.2 Å². The highest BCUT2D eigenvalue weighted by Crippen LogP contribution is 2.37. The van der Waals surface area contributed by atoms with Gasteiger partial charge in [0.05, 0.1) is 25.9 Å². The summed E-state index contributed by atoms with van der Waals surface area (Å²) < 4.78 is 30.5. The number of hydrogen-bond acceptors (Lipinski definition) is 6. The van der Waals surface area contributed by atoms with Crippen molar-refractivity contribution in [2.45, 2.75) is 43.9 Å². The van der Waals surface area contributed by atoms with Gasteiger partial charge in [0.25, 0.3) is 0 Å². The molecule has 0 amide bonds. The third-order valence-corrected chi connectivity index (χ3v) is 6.77. The zero-order valence-corrected chi connectivity index (χ0v) is 19.4. The van der Waals surface area contributed by atoms with Gasteiger partial charge >= 0.3 is 0 Å². The molecule has 0 unspecified atom stereocenters. The minimum atomic E-state index is -0.943. The molecule has 0 spiro atoms. The summed E-state index contributed by atoms with van der Waals surface area (Å²) in [5.41, 5.74) is 0.861. The zero-order valence-electron chi connectivity index (χ0n) is 19.4. The Morgan fingerprint density at radius 1 is 1.12 bits per heavy atom. The van der Waals surface area contributed by atoms with Gasteiger partial charge in [-0.05, 0) is 61.1 Å². The number of rotatable bonds is 9. The summed E-state index contributed by atoms with van der Waals surface area (Å²) in [5, 5.41) is 14.6. The number of methoxy groups -OCH3 is 1. The minimum Gasteiger partial charge on any atom is -0.493 e. The van der Waals surface area contributed by atoms with Crippen LogP contribution in [0.4, 0.5) is 4.39 Å². The van der Waals surface area contributed by atoms with Crippen molar-refractivity contribution in [2.75, 3.05) is 46.6 Å². The quantitative estimate of drug-likeness (QED) is 0.600. The summed E-state index contributed by atoms with van der Waals surface area (Å²) in [6.45, 7) is 5.64. The predicted octanol–water partition coefficient (Wildman–Crippen LogP) is 3.47. The third-order valence-electron chi connectivity index (χ3n) is 6.77. The first-order valence-electron chi connectivity index (χ1n) is 11.9. The maximum Gasteiger partial charge on any atom is 0.161 e. The molecule has 1 saturated carbocycles. The lowest BCUT2D eigenvalue weighted by atomic mass is 9.77. The van der Waals surface area contributed by atoms with Crippen molar-refractivity contribution in [3.05, 3.63) is 59.4 Å². The molecule has 1 heterocycles. The van der Waals surface area contributed by atoms with Gasteiger partial charge in [-0.3, -0.25) is 4.90 Å². The standard InChI is InChI=1S/C26H35FN2O4/c1-31-24-6-5-20(17-25(24)33-16-13-29-11-14-32-15-12-29)19-28-23-7-9-26(30,10-8-23)21-3-2-4-22(27)18-21/h2-6,17-18,23,28,30H,7-16,19H2,1H3. The normalized spacial score (nSPS) is 23.9. The van der Waals surface area contributed by atoms with Crippen LogP contribution in [0.15, 0.2) is 42.5 Å². The highest BCUT2D eigenvalue weighted by molar-refractivity contribution is 5.43. The molecule has 7 heteroatoms. The van der Waals surface area contributed by atoms with E-state index < -0.39 is 5.60 Å². The summed E-state index contributed by atoms with van der Waals surface area (Å²) in [6, 6.07) is 12.7. The molecule has 1 saturated heterocycles. The van der Waals surface area contributed by atoms with Crippen LogP contribution >= 0.6 is 0 Å². The molecule has 1 aliphatic carbocycles. The predicted molar refractivity (Wildman–Crippen MR) is 125 cm³/mol. The zero-order chi connectivity index (χ0) is 23.1. The van der Waals surface area contributed by atoms with Crippen LogP contribution in [0.3, 0.4) is 0 Å². The number of hydrogen-bond donors (Lipinski definition) is 2. The second kappa shape index (κ2) is 11.3. The first-order valence-corrected chi connectivity index (χ1v) is 11.9. The van der Waals surface area contributed by atoms with E-state index in [-0.39, 0.29) is 5.82 Å². The van der Waals surface area contributed by atoms with Crippen LogP contribution in [0.2, 0.25) is 0 Å². The fourth-order valence-electron chi connectivity index (χ4n) is 4.68. The number of ether oxygens (including phenoxy) is 3. The smallest absolute Gasteiger partial charge is 0.161 e. The third kappa shape index (κ3) is 6.44. The Balaban J connectivity index is 1.27. The van der Waals surface area contributed by atoms with E-state index >= 15 is 0 Å². The average Bonchev–Trinajstić information content (AvgIpc) is 2.84. The second-order valence-corrected chi connectivity index (χ2v) is 8.98. The summed E-state index contributed by atoms with van der Waals surface area (Å²) in [5.74, 6) is 1.19. The molecule has 0 atom stereocenters. The van der Waals surface area contributed by atoms with Crippen LogP contribution in [0.1, 0.15) is 36.8 Å². The molecule has 2 aromatic rings. The van der Waals surface area contributed by atoms with Gasteiger partial charge in [0.1, 0.15) is 12.4 Å². The van der Waals surface area contributed by atoms with Gasteiger partial charge in [-0.15, -0.1) is 0 Å². The van der Waals surface area contributed by atoms with Crippen molar-refractivity contribution >= 4 is 0 Å². The Kier molecular flexibility index (Phi) is 8.20. The maximum atomic E-state index is 13.6. The van der Waals surface area contributed by atoms with E-state index in [0.29, 0.717) is 37.6 Å². The number of morpholine rings is 1. The van der Waals surface area contributed by atoms with Crippen LogP contribution in [0.25, 0.3) is 0 Å². The second-order valence-electron chi connectivity index (χ2n) is 8.98. The Hall–Kier alpha value is -2.19. The van der Waals surface area contributed by atoms with Gasteiger partial charge < -0.3 is 24.6 Å². The molecule has 2 aromatic carbocycles. The molecule has 6 nitrogen and oxygen atoms in total. The SMILES string of the molecule is COc1ccc(CNC2CCC(O)(c3cccc(F)c3)CC2)cc1OCCN1CCOCC1. The molecule has 0 bridgehead atoms. The molecule has 1 aliphatic heterocycles. The average molecular weight is 459 g/mol. The van der Waals surface area contributed by atoms with E-state index in [1.165, 1.54) is 12.1 Å². The molecular formula is C26H35FN2O4.